The molecule has 0 saturated heterocycles. The molecule has 0 unspecified atom stereocenters. The number of hydrogen-bond acceptors (Lipinski definition) is 7. The van der Waals surface area contributed by atoms with E-state index in [1.54, 1.807) is 48.7 Å². The van der Waals surface area contributed by atoms with E-state index in [1.807, 2.05) is 12.1 Å². The zero-order valence-electron chi connectivity index (χ0n) is 21.3. The number of nitrogens with one attached hydrogen (secondary N) is 1. The number of ketones is 1. The number of rotatable bonds is 7. The summed E-state index contributed by atoms with van der Waals surface area (Å²) in [7, 11) is 1.47. The molecule has 40 heavy (non-hydrogen) atoms. The van der Waals surface area contributed by atoms with Gasteiger partial charge in [-0.15, -0.1) is 0 Å². The Morgan fingerprint density at radius 1 is 1.05 bits per heavy atom. The van der Waals surface area contributed by atoms with E-state index >= 15 is 0 Å². The number of nitrogens with zero attached hydrogens (tertiary/aromatic N) is 4. The Morgan fingerprint density at radius 3 is 2.60 bits per heavy atom. The second-order valence-corrected chi connectivity index (χ2v) is 9.97. The third kappa shape index (κ3) is 5.95. The van der Waals surface area contributed by atoms with E-state index in [9.17, 15) is 14.4 Å². The number of anilines is 1. The van der Waals surface area contributed by atoms with Crippen LogP contribution in [0, 0.1) is 0 Å². The molecule has 1 aliphatic heterocycles. The van der Waals surface area contributed by atoms with Crippen molar-refractivity contribution in [2.75, 3.05) is 12.4 Å². The molecule has 1 N–H and O–H groups in total. The van der Waals surface area contributed by atoms with Crippen LogP contribution in [0.2, 0.25) is 10.0 Å². The predicted octanol–water partition coefficient (Wildman–Crippen LogP) is 4.82. The Hall–Kier alpha value is -4.34. The van der Waals surface area contributed by atoms with E-state index < -0.39 is 11.9 Å². The SMILES string of the molecule is COc1cnc(NC(=O)c2ccc(CN3C(=O)c4ccc(Cl)cc4CC(=O)[C@H]3Cc3ccccn3)cc2Cl)cn1. The topological polar surface area (TPSA) is 114 Å². The fourth-order valence-electron chi connectivity index (χ4n) is 4.52. The fourth-order valence-corrected chi connectivity index (χ4v) is 5.01. The molecule has 9 nitrogen and oxygen atoms in total. The van der Waals surface area contributed by atoms with E-state index in [-0.39, 0.29) is 47.5 Å². The van der Waals surface area contributed by atoms with Gasteiger partial charge in [0.1, 0.15) is 0 Å². The third-order valence-corrected chi connectivity index (χ3v) is 7.06. The minimum Gasteiger partial charge on any atom is -0.480 e. The van der Waals surface area contributed by atoms with Crippen molar-refractivity contribution in [1.82, 2.24) is 19.9 Å². The molecule has 0 fully saturated rings. The molecule has 4 aromatic rings. The Kier molecular flexibility index (Phi) is 8.04. The predicted molar refractivity (Wildman–Crippen MR) is 150 cm³/mol. The third-order valence-electron chi connectivity index (χ3n) is 6.51. The van der Waals surface area contributed by atoms with Crippen molar-refractivity contribution in [1.29, 1.82) is 0 Å². The summed E-state index contributed by atoms with van der Waals surface area (Å²) in [6.45, 7) is 0.0930. The van der Waals surface area contributed by atoms with Crippen LogP contribution in [0.4, 0.5) is 5.82 Å². The molecular formula is C29H23Cl2N5O4. The summed E-state index contributed by atoms with van der Waals surface area (Å²) in [4.78, 5) is 54.1. The zero-order chi connectivity index (χ0) is 28.2. The van der Waals surface area contributed by atoms with Crippen LogP contribution in [-0.2, 0) is 24.2 Å². The van der Waals surface area contributed by atoms with Gasteiger partial charge in [0.15, 0.2) is 11.6 Å². The molecule has 0 saturated carbocycles. The largest absolute Gasteiger partial charge is 0.480 e. The molecule has 11 heteroatoms. The molecule has 0 spiro atoms. The van der Waals surface area contributed by atoms with Gasteiger partial charge in [-0.2, -0.15) is 0 Å². The average molecular weight is 576 g/mol. The van der Waals surface area contributed by atoms with E-state index in [1.165, 1.54) is 24.4 Å². The van der Waals surface area contributed by atoms with E-state index in [0.717, 1.165) is 0 Å². The van der Waals surface area contributed by atoms with Crippen molar-refractivity contribution < 1.29 is 19.1 Å². The summed E-state index contributed by atoms with van der Waals surface area (Å²) in [5, 5.41) is 3.28. The summed E-state index contributed by atoms with van der Waals surface area (Å²) in [5.41, 5.74) is 2.56. The Morgan fingerprint density at radius 2 is 1.90 bits per heavy atom. The first-order chi connectivity index (χ1) is 19.3. The lowest BCUT2D eigenvalue weighted by Crippen LogP contribution is -2.45. The van der Waals surface area contributed by atoms with Crippen LogP contribution in [-0.4, -0.2) is 50.6 Å². The number of Topliss-reactive ketones (excluding diaryl/α,β-unsaturated/α-hetero) is 1. The molecule has 2 amide bonds. The maximum Gasteiger partial charge on any atom is 0.258 e. The monoisotopic (exact) mass is 575 g/mol. The number of halogens is 2. The number of methoxy groups -OCH3 is 1. The van der Waals surface area contributed by atoms with E-state index in [4.69, 9.17) is 27.9 Å². The van der Waals surface area contributed by atoms with Crippen LogP contribution in [0.15, 0.2) is 73.2 Å². The Balaban J connectivity index is 1.42. The van der Waals surface area contributed by atoms with Gasteiger partial charge in [0.05, 0.1) is 36.1 Å². The molecule has 1 aliphatic rings. The summed E-state index contributed by atoms with van der Waals surface area (Å²) in [5.74, 6) is -0.349. The molecule has 2 aromatic carbocycles. The van der Waals surface area contributed by atoms with Crippen molar-refractivity contribution in [3.63, 3.8) is 0 Å². The van der Waals surface area contributed by atoms with E-state index in [2.05, 4.69) is 20.3 Å². The van der Waals surface area contributed by atoms with Gasteiger partial charge in [-0.25, -0.2) is 9.97 Å². The molecule has 0 aliphatic carbocycles. The normalized spacial score (nSPS) is 14.9. The lowest BCUT2D eigenvalue weighted by Gasteiger charge is -2.29. The quantitative estimate of drug-likeness (QED) is 0.336. The number of fused-ring (bicyclic) bond motifs is 1. The number of ether oxygens (including phenoxy) is 1. The van der Waals surface area contributed by atoms with Crippen LogP contribution in [0.3, 0.4) is 0 Å². The molecule has 2 aromatic heterocycles. The first kappa shape index (κ1) is 27.2. The fraction of sp³-hybridized carbons (Fsp3) is 0.172. The molecule has 5 rings (SSSR count). The highest BCUT2D eigenvalue weighted by atomic mass is 35.5. The number of carbonyl (C=O) groups is 3. The summed E-state index contributed by atoms with van der Waals surface area (Å²) < 4.78 is 4.98. The van der Waals surface area contributed by atoms with Gasteiger partial charge >= 0.3 is 0 Å². The van der Waals surface area contributed by atoms with Gasteiger partial charge in [-0.3, -0.25) is 19.4 Å². The average Bonchev–Trinajstić information content (AvgIpc) is 3.03. The first-order valence-electron chi connectivity index (χ1n) is 12.3. The van der Waals surface area contributed by atoms with Crippen LogP contribution in [0.1, 0.15) is 37.5 Å². The molecular weight excluding hydrogens is 553 g/mol. The number of amides is 2. The van der Waals surface area contributed by atoms with Crippen molar-refractivity contribution in [2.45, 2.75) is 25.4 Å². The smallest absolute Gasteiger partial charge is 0.258 e. The van der Waals surface area contributed by atoms with Crippen LogP contribution < -0.4 is 10.1 Å². The minimum absolute atomic E-state index is 0.0732. The van der Waals surface area contributed by atoms with Crippen molar-refractivity contribution in [2.24, 2.45) is 0 Å². The first-order valence-corrected chi connectivity index (χ1v) is 13.1. The van der Waals surface area contributed by atoms with Gasteiger partial charge in [-0.1, -0.05) is 35.3 Å². The van der Waals surface area contributed by atoms with Gasteiger partial charge in [0.25, 0.3) is 11.8 Å². The molecule has 1 atom stereocenters. The molecule has 3 heterocycles. The standard InChI is InChI=1S/C29H23Cl2N5O4/c1-40-27-15-33-26(14-34-27)35-28(38)22-7-5-17(10-23(22)31)16-36-24(13-20-4-2-3-9-32-20)25(37)12-18-11-19(30)6-8-21(18)29(36)39/h2-11,14-15,24H,12-13,16H2,1H3,(H,33,35,38)/t24-/m1/s1. The second-order valence-electron chi connectivity index (χ2n) is 9.13. The number of pyridine rings is 1. The van der Waals surface area contributed by atoms with Crippen molar-refractivity contribution in [3.8, 4) is 5.88 Å². The van der Waals surface area contributed by atoms with Crippen molar-refractivity contribution in [3.05, 3.63) is 111 Å². The molecule has 202 valence electrons. The minimum atomic E-state index is -0.760. The molecule has 0 bridgehead atoms. The number of benzene rings is 2. The highest BCUT2D eigenvalue weighted by molar-refractivity contribution is 6.34. The van der Waals surface area contributed by atoms with Gasteiger partial charge in [0.2, 0.25) is 5.88 Å². The van der Waals surface area contributed by atoms with Gasteiger partial charge < -0.3 is 15.0 Å². The maximum absolute atomic E-state index is 13.8. The summed E-state index contributed by atoms with van der Waals surface area (Å²) in [6.07, 6.45) is 4.73. The lowest BCUT2D eigenvalue weighted by atomic mass is 9.99. The number of carbonyl (C=O) groups excluding carboxylic acids is 3. The Bertz CT molecular complexity index is 1580. The number of aromatic nitrogens is 3. The summed E-state index contributed by atoms with van der Waals surface area (Å²) >= 11 is 12.7. The second kappa shape index (κ2) is 11.8. The highest BCUT2D eigenvalue weighted by Gasteiger charge is 2.36. The Labute approximate surface area is 240 Å². The maximum atomic E-state index is 13.8. The highest BCUT2D eigenvalue weighted by Crippen LogP contribution is 2.28. The zero-order valence-corrected chi connectivity index (χ0v) is 22.8. The van der Waals surface area contributed by atoms with Crippen LogP contribution >= 0.6 is 23.2 Å². The number of hydrogen-bond donors (Lipinski definition) is 1. The van der Waals surface area contributed by atoms with E-state index in [0.29, 0.717) is 33.3 Å². The molecule has 0 radical (unpaired) electrons. The summed E-state index contributed by atoms with van der Waals surface area (Å²) in [6, 6.07) is 14.5. The van der Waals surface area contributed by atoms with Crippen LogP contribution in [0.5, 0.6) is 5.88 Å². The van der Waals surface area contributed by atoms with Gasteiger partial charge in [-0.05, 0) is 53.6 Å². The van der Waals surface area contributed by atoms with Crippen molar-refractivity contribution >= 4 is 46.6 Å². The van der Waals surface area contributed by atoms with Crippen LogP contribution in [0.25, 0.3) is 0 Å². The van der Waals surface area contributed by atoms with Gasteiger partial charge in [0, 0.05) is 41.9 Å². The lowest BCUT2D eigenvalue weighted by molar-refractivity contribution is -0.122.